The molecule has 2 rings (SSSR count). The minimum Gasteiger partial charge on any atom is -0.345 e. The van der Waals surface area contributed by atoms with Crippen LogP contribution in [0.4, 0.5) is 0 Å². The lowest BCUT2D eigenvalue weighted by Gasteiger charge is -2.19. The summed E-state index contributed by atoms with van der Waals surface area (Å²) in [5.74, 6) is -0.700. The minimum atomic E-state index is -0.275. The maximum atomic E-state index is 12.3. The van der Waals surface area contributed by atoms with Gasteiger partial charge in [-0.15, -0.1) is 0 Å². The fourth-order valence-electron chi connectivity index (χ4n) is 3.63. The zero-order chi connectivity index (χ0) is 26.9. The van der Waals surface area contributed by atoms with Crippen molar-refractivity contribution in [2.45, 2.75) is 78.1 Å². The number of Topliss-reactive ketones (excluding diaryl/α,β-unsaturated/α-hetero) is 2. The highest BCUT2D eigenvalue weighted by molar-refractivity contribution is 5.97. The Labute approximate surface area is 215 Å². The number of nitrogens with one attached hydrogen (secondary N) is 2. The van der Waals surface area contributed by atoms with Crippen LogP contribution >= 0.6 is 0 Å². The molecule has 0 saturated heterocycles. The van der Waals surface area contributed by atoms with Crippen LogP contribution in [0.5, 0.6) is 0 Å². The van der Waals surface area contributed by atoms with Crippen molar-refractivity contribution in [2.75, 3.05) is 13.1 Å². The van der Waals surface area contributed by atoms with Crippen LogP contribution in [0.1, 0.15) is 99.1 Å². The van der Waals surface area contributed by atoms with E-state index in [0.29, 0.717) is 36.8 Å². The van der Waals surface area contributed by atoms with Gasteiger partial charge in [-0.25, -0.2) is 0 Å². The third kappa shape index (κ3) is 9.40. The fourth-order valence-corrected chi connectivity index (χ4v) is 3.63. The third-order valence-corrected chi connectivity index (χ3v) is 6.08. The Morgan fingerprint density at radius 2 is 0.861 bits per heavy atom. The van der Waals surface area contributed by atoms with Crippen LogP contribution in [-0.4, -0.2) is 36.5 Å². The van der Waals surface area contributed by atoms with Gasteiger partial charge in [0.2, 0.25) is 0 Å². The van der Waals surface area contributed by atoms with E-state index in [4.69, 9.17) is 0 Å². The van der Waals surface area contributed by atoms with Gasteiger partial charge in [0.25, 0.3) is 11.8 Å². The predicted molar refractivity (Wildman–Crippen MR) is 143 cm³/mol. The number of amides is 2. The van der Waals surface area contributed by atoms with Crippen molar-refractivity contribution in [1.82, 2.24) is 10.6 Å². The molecule has 0 aliphatic carbocycles. The van der Waals surface area contributed by atoms with Gasteiger partial charge >= 0.3 is 0 Å². The average Bonchev–Trinajstić information content (AvgIpc) is 2.82. The van der Waals surface area contributed by atoms with Gasteiger partial charge in [-0.3, -0.25) is 19.2 Å². The van der Waals surface area contributed by atoms with Crippen molar-refractivity contribution in [3.05, 3.63) is 70.8 Å². The highest BCUT2D eigenvalue weighted by atomic mass is 16.2. The molecule has 2 aromatic carbocycles. The van der Waals surface area contributed by atoms with E-state index in [2.05, 4.69) is 52.2 Å². The molecule has 0 atom stereocenters. The number of benzene rings is 2. The Bertz CT molecular complexity index is 969. The van der Waals surface area contributed by atoms with Crippen molar-refractivity contribution in [2.24, 2.45) is 0 Å². The zero-order valence-electron chi connectivity index (χ0n) is 22.5. The minimum absolute atomic E-state index is 0.0102. The summed E-state index contributed by atoms with van der Waals surface area (Å²) < 4.78 is 0. The SMILES string of the molecule is CC(C)(C)c1ccc(C(=O)NCC(=O)CCCCC(=O)CNC(=O)c2ccc(C(C)(C)C)cc2)cc1. The molecule has 2 N–H and O–H groups in total. The van der Waals surface area contributed by atoms with Gasteiger partial charge < -0.3 is 10.6 Å². The molecule has 0 saturated carbocycles. The van der Waals surface area contributed by atoms with E-state index in [0.717, 1.165) is 11.1 Å². The Morgan fingerprint density at radius 3 is 1.14 bits per heavy atom. The van der Waals surface area contributed by atoms with Crippen LogP contribution in [0, 0.1) is 0 Å². The van der Waals surface area contributed by atoms with Gasteiger partial charge in [-0.05, 0) is 59.1 Å². The summed E-state index contributed by atoms with van der Waals surface area (Å²) in [5, 5.41) is 5.33. The number of hydrogen-bond donors (Lipinski definition) is 2. The maximum Gasteiger partial charge on any atom is 0.251 e. The number of rotatable bonds is 11. The lowest BCUT2D eigenvalue weighted by Crippen LogP contribution is -2.30. The Balaban J connectivity index is 1.63. The first-order valence-corrected chi connectivity index (χ1v) is 12.6. The molecule has 2 amide bonds. The smallest absolute Gasteiger partial charge is 0.251 e. The molecule has 0 radical (unpaired) electrons. The van der Waals surface area contributed by atoms with Gasteiger partial charge in [0, 0.05) is 24.0 Å². The first kappa shape index (κ1) is 29.0. The fraction of sp³-hybridized carbons (Fsp3) is 0.467. The van der Waals surface area contributed by atoms with E-state index in [9.17, 15) is 19.2 Å². The monoisotopic (exact) mass is 492 g/mol. The summed E-state index contributed by atoms with van der Waals surface area (Å²) >= 11 is 0. The molecule has 194 valence electrons. The second kappa shape index (κ2) is 12.6. The molecule has 0 heterocycles. The predicted octanol–water partition coefficient (Wildman–Crippen LogP) is 5.14. The van der Waals surface area contributed by atoms with Crippen molar-refractivity contribution >= 4 is 23.4 Å². The van der Waals surface area contributed by atoms with Crippen LogP contribution in [0.15, 0.2) is 48.5 Å². The number of carbonyl (C=O) groups is 4. The average molecular weight is 493 g/mol. The van der Waals surface area contributed by atoms with E-state index < -0.39 is 0 Å². The Kier molecular flexibility index (Phi) is 10.1. The molecule has 0 unspecified atom stereocenters. The van der Waals surface area contributed by atoms with E-state index in [-0.39, 0.29) is 47.3 Å². The molecule has 0 aliphatic heterocycles. The maximum absolute atomic E-state index is 12.3. The number of unbranched alkanes of at least 4 members (excludes halogenated alkanes) is 1. The van der Waals surface area contributed by atoms with Crippen molar-refractivity contribution in [3.8, 4) is 0 Å². The topological polar surface area (TPSA) is 92.3 Å². The molecule has 36 heavy (non-hydrogen) atoms. The van der Waals surface area contributed by atoms with E-state index in [1.807, 2.05) is 24.3 Å². The lowest BCUT2D eigenvalue weighted by atomic mass is 9.86. The van der Waals surface area contributed by atoms with Gasteiger partial charge in [-0.2, -0.15) is 0 Å². The normalized spacial score (nSPS) is 11.6. The molecule has 0 fully saturated rings. The standard InChI is InChI=1S/C30H40N2O4/c1-29(2,3)23-15-11-21(12-16-23)27(35)31-19-25(33)9-7-8-10-26(34)20-32-28(36)22-13-17-24(18-14-22)30(4,5)6/h11-18H,7-10,19-20H2,1-6H3,(H,31,35)(H,32,36). The molecule has 0 bridgehead atoms. The number of carbonyl (C=O) groups excluding carboxylic acids is 4. The summed E-state index contributed by atoms with van der Waals surface area (Å²) in [6.45, 7) is 12.6. The third-order valence-electron chi connectivity index (χ3n) is 6.08. The highest BCUT2D eigenvalue weighted by Gasteiger charge is 2.16. The summed E-state index contributed by atoms with van der Waals surface area (Å²) in [5.41, 5.74) is 3.34. The molecule has 6 nitrogen and oxygen atoms in total. The number of ketones is 2. The first-order valence-electron chi connectivity index (χ1n) is 12.6. The summed E-state index contributed by atoms with van der Waals surface area (Å²) in [4.78, 5) is 48.8. The second-order valence-corrected chi connectivity index (χ2v) is 11.3. The number of hydrogen-bond acceptors (Lipinski definition) is 4. The molecule has 6 heteroatoms. The Hall–Kier alpha value is -3.28. The Morgan fingerprint density at radius 1 is 0.556 bits per heavy atom. The molecular formula is C30H40N2O4. The van der Waals surface area contributed by atoms with Gasteiger partial charge in [0.15, 0.2) is 11.6 Å². The summed E-state index contributed by atoms with van der Waals surface area (Å²) in [7, 11) is 0. The van der Waals surface area contributed by atoms with Crippen LogP contribution < -0.4 is 10.6 Å². The van der Waals surface area contributed by atoms with E-state index >= 15 is 0 Å². The largest absolute Gasteiger partial charge is 0.345 e. The molecule has 0 aromatic heterocycles. The van der Waals surface area contributed by atoms with E-state index in [1.54, 1.807) is 24.3 Å². The zero-order valence-corrected chi connectivity index (χ0v) is 22.5. The van der Waals surface area contributed by atoms with Crippen LogP contribution in [0.25, 0.3) is 0 Å². The molecule has 0 aliphatic rings. The summed E-state index contributed by atoms with van der Waals surface area (Å²) in [6.07, 6.45) is 1.71. The van der Waals surface area contributed by atoms with Crippen molar-refractivity contribution in [3.63, 3.8) is 0 Å². The van der Waals surface area contributed by atoms with Crippen LogP contribution in [-0.2, 0) is 20.4 Å². The molecule has 2 aromatic rings. The first-order chi connectivity index (χ1) is 16.8. The van der Waals surface area contributed by atoms with Crippen molar-refractivity contribution < 1.29 is 19.2 Å². The van der Waals surface area contributed by atoms with Gasteiger partial charge in [0.1, 0.15) is 0 Å². The quantitative estimate of drug-likeness (QED) is 0.425. The van der Waals surface area contributed by atoms with Crippen LogP contribution in [0.2, 0.25) is 0 Å². The van der Waals surface area contributed by atoms with Crippen molar-refractivity contribution in [1.29, 1.82) is 0 Å². The highest BCUT2D eigenvalue weighted by Crippen LogP contribution is 2.23. The van der Waals surface area contributed by atoms with E-state index in [1.165, 1.54) is 0 Å². The lowest BCUT2D eigenvalue weighted by molar-refractivity contribution is -0.120. The second-order valence-electron chi connectivity index (χ2n) is 11.3. The van der Waals surface area contributed by atoms with Gasteiger partial charge in [0.05, 0.1) is 13.1 Å². The summed E-state index contributed by atoms with van der Waals surface area (Å²) in [6, 6.07) is 14.8. The van der Waals surface area contributed by atoms with Crippen LogP contribution in [0.3, 0.4) is 0 Å². The molecule has 0 spiro atoms. The van der Waals surface area contributed by atoms with Gasteiger partial charge in [-0.1, -0.05) is 65.8 Å². The molecular weight excluding hydrogens is 452 g/mol.